The molecule has 18 heavy (non-hydrogen) atoms. The monoisotopic (exact) mass is 332 g/mol. The zero-order chi connectivity index (χ0) is 12.4. The molecule has 2 heterocycles. The summed E-state index contributed by atoms with van der Waals surface area (Å²) in [6.45, 7) is 1.03. The fourth-order valence-electron chi connectivity index (χ4n) is 4.15. The second-order valence-corrected chi connectivity index (χ2v) is 8.94. The molecular formula is C15H25BrOS. The van der Waals surface area contributed by atoms with Gasteiger partial charge >= 0.3 is 0 Å². The van der Waals surface area contributed by atoms with Gasteiger partial charge < -0.3 is 4.74 Å². The van der Waals surface area contributed by atoms with Gasteiger partial charge in [-0.05, 0) is 61.9 Å². The Balaban J connectivity index is 1.62. The first-order valence-corrected chi connectivity index (χ1v) is 9.70. The van der Waals surface area contributed by atoms with E-state index in [0.717, 1.165) is 23.3 Å². The quantitative estimate of drug-likeness (QED) is 0.647. The Morgan fingerprint density at radius 3 is 2.67 bits per heavy atom. The molecule has 0 aromatic carbocycles. The third kappa shape index (κ3) is 3.09. The van der Waals surface area contributed by atoms with Crippen LogP contribution in [-0.2, 0) is 4.74 Å². The molecule has 0 N–H and O–H groups in total. The van der Waals surface area contributed by atoms with Gasteiger partial charge in [0.15, 0.2) is 0 Å². The lowest BCUT2D eigenvalue weighted by Gasteiger charge is -2.46. The third-order valence-corrected chi connectivity index (χ3v) is 7.07. The summed E-state index contributed by atoms with van der Waals surface area (Å²) in [6.07, 6.45) is 11.0. The van der Waals surface area contributed by atoms with E-state index in [1.54, 1.807) is 0 Å². The van der Waals surface area contributed by atoms with E-state index >= 15 is 0 Å². The van der Waals surface area contributed by atoms with Crippen LogP contribution >= 0.6 is 27.7 Å². The smallest absolute Gasteiger partial charge is 0.0701 e. The molecule has 0 aromatic rings. The van der Waals surface area contributed by atoms with Crippen molar-refractivity contribution in [1.82, 2.24) is 0 Å². The molecule has 2 saturated heterocycles. The highest BCUT2D eigenvalue weighted by molar-refractivity contribution is 9.09. The van der Waals surface area contributed by atoms with Gasteiger partial charge in [0, 0.05) is 11.4 Å². The predicted molar refractivity (Wildman–Crippen MR) is 82.6 cm³/mol. The first kappa shape index (κ1) is 13.8. The molecule has 104 valence electrons. The minimum absolute atomic E-state index is 0.285. The highest BCUT2D eigenvalue weighted by Gasteiger charge is 2.41. The van der Waals surface area contributed by atoms with Crippen LogP contribution in [0.25, 0.3) is 0 Å². The van der Waals surface area contributed by atoms with E-state index in [1.165, 1.54) is 62.9 Å². The number of halogens is 1. The van der Waals surface area contributed by atoms with E-state index in [-0.39, 0.29) is 5.60 Å². The van der Waals surface area contributed by atoms with Crippen LogP contribution in [0.15, 0.2) is 0 Å². The van der Waals surface area contributed by atoms with Gasteiger partial charge in [-0.15, -0.1) is 0 Å². The number of thioether (sulfide) groups is 1. The SMILES string of the molecule is BrC1CCCC(C2CCOC3(CCSCC3)C2)C1. The van der Waals surface area contributed by atoms with Crippen LogP contribution in [0.2, 0.25) is 0 Å². The fourth-order valence-corrected chi connectivity index (χ4v) is 6.19. The molecule has 1 aliphatic carbocycles. The fraction of sp³-hybridized carbons (Fsp3) is 1.00. The summed E-state index contributed by atoms with van der Waals surface area (Å²) in [6, 6.07) is 0. The molecule has 2 aliphatic heterocycles. The van der Waals surface area contributed by atoms with Gasteiger partial charge in [-0.1, -0.05) is 28.8 Å². The van der Waals surface area contributed by atoms with Crippen molar-refractivity contribution >= 4 is 27.7 Å². The number of alkyl halides is 1. The number of ether oxygens (including phenoxy) is 1. The van der Waals surface area contributed by atoms with Crippen molar-refractivity contribution in [3.63, 3.8) is 0 Å². The molecule has 3 aliphatic rings. The van der Waals surface area contributed by atoms with E-state index in [4.69, 9.17) is 4.74 Å². The van der Waals surface area contributed by atoms with Crippen LogP contribution in [0.5, 0.6) is 0 Å². The third-order valence-electron chi connectivity index (χ3n) is 5.25. The lowest BCUT2D eigenvalue weighted by atomic mass is 9.71. The summed E-state index contributed by atoms with van der Waals surface area (Å²) in [7, 11) is 0. The van der Waals surface area contributed by atoms with E-state index in [9.17, 15) is 0 Å². The highest BCUT2D eigenvalue weighted by Crippen LogP contribution is 2.45. The van der Waals surface area contributed by atoms with Gasteiger partial charge in [0.2, 0.25) is 0 Å². The van der Waals surface area contributed by atoms with Gasteiger partial charge in [-0.3, -0.25) is 0 Å². The van der Waals surface area contributed by atoms with Gasteiger partial charge in [0.25, 0.3) is 0 Å². The summed E-state index contributed by atoms with van der Waals surface area (Å²) >= 11 is 5.96. The second kappa shape index (κ2) is 6.05. The van der Waals surface area contributed by atoms with Gasteiger partial charge in [0.1, 0.15) is 0 Å². The van der Waals surface area contributed by atoms with Crippen molar-refractivity contribution in [3.8, 4) is 0 Å². The molecule has 3 rings (SSSR count). The zero-order valence-electron chi connectivity index (χ0n) is 11.2. The van der Waals surface area contributed by atoms with Crippen LogP contribution in [0.3, 0.4) is 0 Å². The molecule has 3 heteroatoms. The number of hydrogen-bond donors (Lipinski definition) is 0. The van der Waals surface area contributed by atoms with E-state index < -0.39 is 0 Å². The maximum absolute atomic E-state index is 6.23. The molecule has 1 nitrogen and oxygen atoms in total. The lowest BCUT2D eigenvalue weighted by molar-refractivity contribution is -0.112. The molecule has 1 saturated carbocycles. The van der Waals surface area contributed by atoms with Crippen LogP contribution in [0.1, 0.15) is 51.4 Å². The Labute approximate surface area is 124 Å². The van der Waals surface area contributed by atoms with E-state index in [1.807, 2.05) is 0 Å². The van der Waals surface area contributed by atoms with Crippen molar-refractivity contribution in [2.24, 2.45) is 11.8 Å². The van der Waals surface area contributed by atoms with Crippen molar-refractivity contribution < 1.29 is 4.74 Å². The standard InChI is InChI=1S/C15H25BrOS/c16-14-3-1-2-12(10-14)13-4-7-17-15(11-13)5-8-18-9-6-15/h12-14H,1-11H2. The normalized spacial score (nSPS) is 40.8. The van der Waals surface area contributed by atoms with Crippen LogP contribution in [0.4, 0.5) is 0 Å². The van der Waals surface area contributed by atoms with Crippen LogP contribution < -0.4 is 0 Å². The average molecular weight is 333 g/mol. The summed E-state index contributed by atoms with van der Waals surface area (Å²) in [5.41, 5.74) is 0.285. The molecule has 0 aromatic heterocycles. The highest BCUT2D eigenvalue weighted by atomic mass is 79.9. The average Bonchev–Trinajstić information content (AvgIpc) is 2.40. The number of hydrogen-bond acceptors (Lipinski definition) is 2. The maximum Gasteiger partial charge on any atom is 0.0701 e. The molecular weight excluding hydrogens is 308 g/mol. The number of rotatable bonds is 1. The first-order chi connectivity index (χ1) is 8.77. The van der Waals surface area contributed by atoms with Crippen molar-refractivity contribution in [2.45, 2.75) is 61.8 Å². The van der Waals surface area contributed by atoms with Crippen molar-refractivity contribution in [2.75, 3.05) is 18.1 Å². The van der Waals surface area contributed by atoms with E-state index in [2.05, 4.69) is 27.7 Å². The minimum Gasteiger partial charge on any atom is -0.375 e. The van der Waals surface area contributed by atoms with E-state index in [0.29, 0.717) is 0 Å². The molecule has 3 atom stereocenters. The molecule has 3 unspecified atom stereocenters. The summed E-state index contributed by atoms with van der Waals surface area (Å²) < 4.78 is 6.23. The topological polar surface area (TPSA) is 9.23 Å². The summed E-state index contributed by atoms with van der Waals surface area (Å²) in [5.74, 6) is 4.55. The molecule has 0 amide bonds. The van der Waals surface area contributed by atoms with Gasteiger partial charge in [-0.25, -0.2) is 0 Å². The first-order valence-electron chi connectivity index (χ1n) is 7.63. The molecule has 1 spiro atoms. The molecule has 3 fully saturated rings. The van der Waals surface area contributed by atoms with Crippen molar-refractivity contribution in [1.29, 1.82) is 0 Å². The maximum atomic E-state index is 6.23. The Hall–Kier alpha value is 0.790. The molecule has 0 bridgehead atoms. The Kier molecular flexibility index (Phi) is 4.62. The summed E-state index contributed by atoms with van der Waals surface area (Å²) in [5, 5.41) is 0. The van der Waals surface area contributed by atoms with Gasteiger partial charge in [-0.2, -0.15) is 11.8 Å². The lowest BCUT2D eigenvalue weighted by Crippen LogP contribution is -2.44. The van der Waals surface area contributed by atoms with Gasteiger partial charge in [0.05, 0.1) is 5.60 Å². The Morgan fingerprint density at radius 2 is 1.89 bits per heavy atom. The van der Waals surface area contributed by atoms with Crippen LogP contribution in [-0.4, -0.2) is 28.5 Å². The minimum atomic E-state index is 0.285. The Bertz CT molecular complexity index is 272. The molecule has 0 radical (unpaired) electrons. The zero-order valence-corrected chi connectivity index (χ0v) is 13.6. The summed E-state index contributed by atoms with van der Waals surface area (Å²) in [4.78, 5) is 0.789. The second-order valence-electron chi connectivity index (χ2n) is 6.42. The largest absolute Gasteiger partial charge is 0.375 e. The van der Waals surface area contributed by atoms with Crippen molar-refractivity contribution in [3.05, 3.63) is 0 Å². The Morgan fingerprint density at radius 1 is 1.06 bits per heavy atom. The van der Waals surface area contributed by atoms with Crippen LogP contribution in [0, 0.1) is 11.8 Å². The predicted octanol–water partition coefficient (Wildman–Crippen LogP) is 4.63.